The summed E-state index contributed by atoms with van der Waals surface area (Å²) in [4.78, 5) is 17.4. The molecule has 1 heterocycles. The maximum Gasteiger partial charge on any atom is 0.261 e. The zero-order valence-corrected chi connectivity index (χ0v) is 15.8. The SMILES string of the molecule is CCC(NC(=O)CON=C(C)c1ccc2c(c1)OCO2)c1ccc(C)cc1. The van der Waals surface area contributed by atoms with Gasteiger partial charge in [-0.25, -0.2) is 0 Å². The van der Waals surface area contributed by atoms with Crippen LogP contribution < -0.4 is 14.8 Å². The third-order valence-corrected chi connectivity index (χ3v) is 4.41. The Balaban J connectivity index is 1.53. The zero-order chi connectivity index (χ0) is 19.2. The summed E-state index contributed by atoms with van der Waals surface area (Å²) in [5.74, 6) is 1.20. The standard InChI is InChI=1S/C21H24N2O4/c1-4-18(16-7-5-14(2)6-8-16)22-21(24)12-27-23-15(3)17-9-10-19-20(11-17)26-13-25-19/h5-11,18H,4,12-13H2,1-3H3,(H,22,24). The quantitative estimate of drug-likeness (QED) is 0.597. The molecule has 1 aliphatic rings. The Bertz CT molecular complexity index is 831. The summed E-state index contributed by atoms with van der Waals surface area (Å²) < 4.78 is 10.6. The number of hydrogen-bond donors (Lipinski definition) is 1. The number of nitrogens with one attached hydrogen (secondary N) is 1. The molecule has 6 heteroatoms. The molecular formula is C21H24N2O4. The van der Waals surface area contributed by atoms with Gasteiger partial charge in [-0.1, -0.05) is 41.9 Å². The Hall–Kier alpha value is -3.02. The van der Waals surface area contributed by atoms with E-state index in [0.717, 1.165) is 17.5 Å². The number of carbonyl (C=O) groups is 1. The van der Waals surface area contributed by atoms with Crippen molar-refractivity contribution in [3.8, 4) is 11.5 Å². The first-order chi connectivity index (χ1) is 13.1. The molecule has 6 nitrogen and oxygen atoms in total. The highest BCUT2D eigenvalue weighted by atomic mass is 16.7. The third-order valence-electron chi connectivity index (χ3n) is 4.41. The lowest BCUT2D eigenvalue weighted by molar-refractivity contribution is -0.126. The van der Waals surface area contributed by atoms with Gasteiger partial charge in [0, 0.05) is 5.56 Å². The minimum atomic E-state index is -0.204. The number of amides is 1. The fourth-order valence-electron chi connectivity index (χ4n) is 2.82. The smallest absolute Gasteiger partial charge is 0.261 e. The summed E-state index contributed by atoms with van der Waals surface area (Å²) in [6, 6.07) is 13.7. The van der Waals surface area contributed by atoms with Crippen LogP contribution in [0.2, 0.25) is 0 Å². The highest BCUT2D eigenvalue weighted by Gasteiger charge is 2.15. The van der Waals surface area contributed by atoms with E-state index in [9.17, 15) is 4.79 Å². The van der Waals surface area contributed by atoms with E-state index in [2.05, 4.69) is 10.5 Å². The van der Waals surface area contributed by atoms with Crippen LogP contribution in [0.25, 0.3) is 0 Å². The number of rotatable bonds is 7. The Morgan fingerprint density at radius 3 is 2.67 bits per heavy atom. The lowest BCUT2D eigenvalue weighted by Gasteiger charge is -2.17. The molecule has 0 radical (unpaired) electrons. The normalized spacial score (nSPS) is 14.0. The fourth-order valence-corrected chi connectivity index (χ4v) is 2.82. The minimum absolute atomic E-state index is 0.0411. The molecule has 1 amide bonds. The van der Waals surface area contributed by atoms with E-state index < -0.39 is 0 Å². The molecule has 2 aromatic carbocycles. The van der Waals surface area contributed by atoms with Gasteiger partial charge in [-0.2, -0.15) is 0 Å². The molecular weight excluding hydrogens is 344 g/mol. The number of hydrogen-bond acceptors (Lipinski definition) is 5. The molecule has 27 heavy (non-hydrogen) atoms. The van der Waals surface area contributed by atoms with Crippen molar-refractivity contribution in [1.82, 2.24) is 5.32 Å². The molecule has 0 fully saturated rings. The van der Waals surface area contributed by atoms with Crippen LogP contribution >= 0.6 is 0 Å². The summed E-state index contributed by atoms with van der Waals surface area (Å²) in [6.45, 7) is 5.98. The van der Waals surface area contributed by atoms with E-state index in [-0.39, 0.29) is 25.3 Å². The average molecular weight is 368 g/mol. The van der Waals surface area contributed by atoms with Gasteiger partial charge in [0.2, 0.25) is 6.79 Å². The molecule has 1 unspecified atom stereocenters. The topological polar surface area (TPSA) is 69.2 Å². The number of oxime groups is 1. The largest absolute Gasteiger partial charge is 0.454 e. The van der Waals surface area contributed by atoms with E-state index >= 15 is 0 Å². The third kappa shape index (κ3) is 4.78. The summed E-state index contributed by atoms with van der Waals surface area (Å²) in [5, 5.41) is 7.02. The lowest BCUT2D eigenvalue weighted by atomic mass is 10.0. The summed E-state index contributed by atoms with van der Waals surface area (Å²) in [6.07, 6.45) is 0.800. The van der Waals surface area contributed by atoms with Crippen molar-refractivity contribution in [2.75, 3.05) is 13.4 Å². The second-order valence-electron chi connectivity index (χ2n) is 6.46. The van der Waals surface area contributed by atoms with Crippen LogP contribution in [0.3, 0.4) is 0 Å². The van der Waals surface area contributed by atoms with Crippen LogP contribution in [0.1, 0.15) is 43.0 Å². The Morgan fingerprint density at radius 2 is 1.93 bits per heavy atom. The molecule has 1 aliphatic heterocycles. The number of ether oxygens (including phenoxy) is 2. The molecule has 1 N–H and O–H groups in total. The van der Waals surface area contributed by atoms with E-state index in [0.29, 0.717) is 17.2 Å². The average Bonchev–Trinajstić information content (AvgIpc) is 3.14. The first-order valence-electron chi connectivity index (χ1n) is 8.99. The van der Waals surface area contributed by atoms with E-state index in [1.54, 1.807) is 0 Å². The zero-order valence-electron chi connectivity index (χ0n) is 15.8. The summed E-state index contributed by atoms with van der Waals surface area (Å²) in [5.41, 5.74) is 3.78. The number of nitrogens with zero attached hydrogens (tertiary/aromatic N) is 1. The second-order valence-corrected chi connectivity index (χ2v) is 6.46. The maximum atomic E-state index is 12.2. The first kappa shape index (κ1) is 18.8. The molecule has 0 aliphatic carbocycles. The second kappa shape index (κ2) is 8.58. The van der Waals surface area contributed by atoms with Crippen molar-refractivity contribution in [2.45, 2.75) is 33.2 Å². The van der Waals surface area contributed by atoms with E-state index in [1.165, 1.54) is 5.56 Å². The molecule has 0 bridgehead atoms. The van der Waals surface area contributed by atoms with Crippen molar-refractivity contribution in [2.24, 2.45) is 5.16 Å². The van der Waals surface area contributed by atoms with E-state index in [1.807, 2.05) is 63.2 Å². The first-order valence-corrected chi connectivity index (χ1v) is 8.99. The highest BCUT2D eigenvalue weighted by Crippen LogP contribution is 2.32. The summed E-state index contributed by atoms with van der Waals surface area (Å²) >= 11 is 0. The monoisotopic (exact) mass is 368 g/mol. The predicted molar refractivity (Wildman–Crippen MR) is 103 cm³/mol. The van der Waals surface area contributed by atoms with Gasteiger partial charge in [0.1, 0.15) is 0 Å². The fraction of sp³-hybridized carbons (Fsp3) is 0.333. The number of fused-ring (bicyclic) bond motifs is 1. The molecule has 142 valence electrons. The van der Waals surface area contributed by atoms with Gasteiger partial charge in [0.25, 0.3) is 5.91 Å². The molecule has 0 aromatic heterocycles. The molecule has 0 saturated heterocycles. The maximum absolute atomic E-state index is 12.2. The van der Waals surface area contributed by atoms with Gasteiger partial charge >= 0.3 is 0 Å². The number of aryl methyl sites for hydroxylation is 1. The van der Waals surface area contributed by atoms with Crippen LogP contribution in [0.4, 0.5) is 0 Å². The van der Waals surface area contributed by atoms with Crippen LogP contribution in [-0.4, -0.2) is 25.0 Å². The number of benzene rings is 2. The van der Waals surface area contributed by atoms with Crippen molar-refractivity contribution in [3.63, 3.8) is 0 Å². The Kier molecular flexibility index (Phi) is 5.96. The van der Waals surface area contributed by atoms with E-state index in [4.69, 9.17) is 14.3 Å². The molecule has 0 saturated carbocycles. The minimum Gasteiger partial charge on any atom is -0.454 e. The predicted octanol–water partition coefficient (Wildman–Crippen LogP) is 3.73. The molecule has 3 rings (SSSR count). The van der Waals surface area contributed by atoms with Gasteiger partial charge in [0.05, 0.1) is 11.8 Å². The highest BCUT2D eigenvalue weighted by molar-refractivity contribution is 5.99. The Labute approximate surface area is 159 Å². The Morgan fingerprint density at radius 1 is 1.19 bits per heavy atom. The van der Waals surface area contributed by atoms with Crippen LogP contribution in [0, 0.1) is 6.92 Å². The van der Waals surface area contributed by atoms with Crippen LogP contribution in [0.5, 0.6) is 11.5 Å². The van der Waals surface area contributed by atoms with Crippen LogP contribution in [0.15, 0.2) is 47.6 Å². The molecule has 0 spiro atoms. The molecule has 2 aromatic rings. The van der Waals surface area contributed by atoms with Gasteiger partial charge < -0.3 is 19.6 Å². The van der Waals surface area contributed by atoms with Gasteiger partial charge in [-0.05, 0) is 44.0 Å². The van der Waals surface area contributed by atoms with Gasteiger partial charge in [0.15, 0.2) is 18.1 Å². The van der Waals surface area contributed by atoms with Crippen LogP contribution in [-0.2, 0) is 9.63 Å². The lowest BCUT2D eigenvalue weighted by Crippen LogP contribution is -2.31. The molecule has 1 atom stereocenters. The number of carbonyl (C=O) groups excluding carboxylic acids is 1. The van der Waals surface area contributed by atoms with Crippen molar-refractivity contribution >= 4 is 11.6 Å². The summed E-state index contributed by atoms with van der Waals surface area (Å²) in [7, 11) is 0. The van der Waals surface area contributed by atoms with Crippen molar-refractivity contribution in [1.29, 1.82) is 0 Å². The van der Waals surface area contributed by atoms with Gasteiger partial charge in [-0.3, -0.25) is 4.79 Å². The van der Waals surface area contributed by atoms with Crippen molar-refractivity contribution < 1.29 is 19.1 Å². The van der Waals surface area contributed by atoms with Gasteiger partial charge in [-0.15, -0.1) is 0 Å². The van der Waals surface area contributed by atoms with Crippen molar-refractivity contribution in [3.05, 3.63) is 59.2 Å².